The van der Waals surface area contributed by atoms with Gasteiger partial charge in [-0.15, -0.1) is 0 Å². The highest BCUT2D eigenvalue weighted by molar-refractivity contribution is 9.08. The van der Waals surface area contributed by atoms with Crippen LogP contribution in [0.1, 0.15) is 22.3 Å². The molecule has 0 aliphatic carbocycles. The smallest absolute Gasteiger partial charge is 0.182 e. The lowest BCUT2D eigenvalue weighted by Crippen LogP contribution is -2.06. The lowest BCUT2D eigenvalue weighted by atomic mass is 10.1. The molecule has 0 amide bonds. The molecule has 0 radical (unpaired) electrons. The van der Waals surface area contributed by atoms with Gasteiger partial charge in [0.2, 0.25) is 0 Å². The first-order valence-corrected chi connectivity index (χ1v) is 15.4. The van der Waals surface area contributed by atoms with Gasteiger partial charge in [0.1, 0.15) is 0 Å². The van der Waals surface area contributed by atoms with E-state index in [9.17, 15) is 16.8 Å². The Balaban J connectivity index is 0.000000196. The van der Waals surface area contributed by atoms with E-state index in [1.165, 1.54) is 0 Å². The maximum atomic E-state index is 12.3. The standard InChI is InChI=1S/C14H13BrO2S.C14H14O2S/c15-10-12-6-4-5-7-13(12)11-18(16,17)14-8-2-1-3-9-14;1-12-7-5-6-8-13(12)11-17(15,16)14-9-3-2-4-10-14/h1-9H,10-11H2;2-10H,11H2,1H3. The second-order valence-electron chi connectivity index (χ2n) is 7.97. The third kappa shape index (κ3) is 7.62. The molecule has 4 nitrogen and oxygen atoms in total. The van der Waals surface area contributed by atoms with Crippen molar-refractivity contribution < 1.29 is 16.8 Å². The number of rotatable bonds is 7. The summed E-state index contributed by atoms with van der Waals surface area (Å²) in [4.78, 5) is 0.748. The summed E-state index contributed by atoms with van der Waals surface area (Å²) in [6.07, 6.45) is 0. The molecular weight excluding hydrogens is 544 g/mol. The largest absolute Gasteiger partial charge is 0.223 e. The predicted octanol–water partition coefficient (Wildman–Crippen LogP) is 6.52. The first-order chi connectivity index (χ1) is 16.7. The van der Waals surface area contributed by atoms with E-state index in [2.05, 4.69) is 15.9 Å². The molecular formula is C28H27BrO4S2. The summed E-state index contributed by atoms with van der Waals surface area (Å²) in [5.41, 5.74) is 3.72. The van der Waals surface area contributed by atoms with Gasteiger partial charge in [0, 0.05) is 5.33 Å². The Morgan fingerprint density at radius 1 is 0.514 bits per heavy atom. The summed E-state index contributed by atoms with van der Waals surface area (Å²) in [5.74, 6) is 0.0997. The number of aryl methyl sites for hydroxylation is 1. The van der Waals surface area contributed by atoms with E-state index in [0.29, 0.717) is 15.1 Å². The van der Waals surface area contributed by atoms with Crippen LogP contribution in [0.15, 0.2) is 119 Å². The van der Waals surface area contributed by atoms with Gasteiger partial charge in [-0.25, -0.2) is 16.8 Å². The van der Waals surface area contributed by atoms with Crippen molar-refractivity contribution in [2.45, 2.75) is 33.6 Å². The third-order valence-corrected chi connectivity index (χ3v) is 9.39. The lowest BCUT2D eigenvalue weighted by molar-refractivity contribution is 0.593. The van der Waals surface area contributed by atoms with Crippen LogP contribution in [0.3, 0.4) is 0 Å². The van der Waals surface area contributed by atoms with Crippen molar-refractivity contribution in [1.82, 2.24) is 0 Å². The Kier molecular flexibility index (Phi) is 9.43. The van der Waals surface area contributed by atoms with E-state index >= 15 is 0 Å². The number of hydrogen-bond acceptors (Lipinski definition) is 4. The molecule has 0 saturated carbocycles. The molecule has 0 spiro atoms. The first kappa shape index (κ1) is 26.9. The molecule has 4 rings (SSSR count). The van der Waals surface area contributed by atoms with E-state index < -0.39 is 19.7 Å². The predicted molar refractivity (Wildman–Crippen MR) is 145 cm³/mol. The quantitative estimate of drug-likeness (QED) is 0.237. The second-order valence-corrected chi connectivity index (χ2v) is 12.5. The molecule has 182 valence electrons. The van der Waals surface area contributed by atoms with Crippen LogP contribution < -0.4 is 0 Å². The Bertz CT molecular complexity index is 1450. The Morgan fingerprint density at radius 3 is 1.34 bits per heavy atom. The zero-order valence-electron chi connectivity index (χ0n) is 19.3. The van der Waals surface area contributed by atoms with Crippen LogP contribution >= 0.6 is 15.9 Å². The van der Waals surface area contributed by atoms with Gasteiger partial charge < -0.3 is 0 Å². The van der Waals surface area contributed by atoms with Crippen molar-refractivity contribution in [2.24, 2.45) is 0 Å². The number of benzene rings is 4. The molecule has 0 fully saturated rings. The van der Waals surface area contributed by atoms with Crippen molar-refractivity contribution in [2.75, 3.05) is 0 Å². The Morgan fingerprint density at radius 2 is 0.886 bits per heavy atom. The van der Waals surface area contributed by atoms with Crippen molar-refractivity contribution in [1.29, 1.82) is 0 Å². The van der Waals surface area contributed by atoms with E-state index in [0.717, 1.165) is 22.3 Å². The summed E-state index contributed by atoms with van der Waals surface area (Å²) in [6, 6.07) is 32.2. The fraction of sp³-hybridized carbons (Fsp3) is 0.143. The minimum atomic E-state index is -3.27. The second kappa shape index (κ2) is 12.3. The lowest BCUT2D eigenvalue weighted by Gasteiger charge is -2.08. The van der Waals surface area contributed by atoms with Gasteiger partial charge in [0.05, 0.1) is 21.3 Å². The van der Waals surface area contributed by atoms with E-state index in [1.54, 1.807) is 48.5 Å². The number of halogens is 1. The maximum absolute atomic E-state index is 12.3. The van der Waals surface area contributed by atoms with Crippen LogP contribution in [-0.4, -0.2) is 16.8 Å². The molecule has 0 bridgehead atoms. The van der Waals surface area contributed by atoms with Crippen LogP contribution in [0.2, 0.25) is 0 Å². The fourth-order valence-electron chi connectivity index (χ4n) is 3.43. The topological polar surface area (TPSA) is 68.3 Å². The van der Waals surface area contributed by atoms with Crippen LogP contribution in [0.5, 0.6) is 0 Å². The normalized spacial score (nSPS) is 11.4. The minimum absolute atomic E-state index is 0.0405. The molecule has 0 heterocycles. The average Bonchev–Trinajstić information content (AvgIpc) is 2.87. The van der Waals surface area contributed by atoms with E-state index in [-0.39, 0.29) is 11.5 Å². The van der Waals surface area contributed by atoms with Gasteiger partial charge in [-0.3, -0.25) is 0 Å². The number of alkyl halides is 1. The van der Waals surface area contributed by atoms with Gasteiger partial charge in [0.15, 0.2) is 19.7 Å². The summed E-state index contributed by atoms with van der Waals surface area (Å²) in [6.45, 7) is 1.93. The molecule has 0 atom stereocenters. The highest BCUT2D eigenvalue weighted by atomic mass is 79.9. The van der Waals surface area contributed by atoms with E-state index in [1.807, 2.05) is 67.6 Å². The molecule has 4 aromatic carbocycles. The zero-order chi connectivity index (χ0) is 25.3. The van der Waals surface area contributed by atoms with Gasteiger partial charge in [-0.1, -0.05) is 101 Å². The average molecular weight is 572 g/mol. The van der Waals surface area contributed by atoms with Crippen LogP contribution in [0, 0.1) is 6.92 Å². The van der Waals surface area contributed by atoms with Crippen molar-refractivity contribution in [3.05, 3.63) is 131 Å². The third-order valence-electron chi connectivity index (χ3n) is 5.42. The summed E-state index contributed by atoms with van der Waals surface area (Å²) in [5, 5.41) is 0.660. The van der Waals surface area contributed by atoms with Crippen molar-refractivity contribution in [3.8, 4) is 0 Å². The molecule has 0 unspecified atom stereocenters. The van der Waals surface area contributed by atoms with E-state index in [4.69, 9.17) is 0 Å². The fourth-order valence-corrected chi connectivity index (χ4v) is 6.88. The van der Waals surface area contributed by atoms with Crippen molar-refractivity contribution >= 4 is 35.6 Å². The SMILES string of the molecule is Cc1ccccc1CS(=O)(=O)c1ccccc1.O=S(=O)(Cc1ccccc1CBr)c1ccccc1. The highest BCUT2D eigenvalue weighted by Crippen LogP contribution is 2.20. The molecule has 0 aliphatic heterocycles. The number of hydrogen-bond donors (Lipinski definition) is 0. The van der Waals surface area contributed by atoms with Crippen LogP contribution in [-0.2, 0) is 36.5 Å². The highest BCUT2D eigenvalue weighted by Gasteiger charge is 2.17. The molecule has 35 heavy (non-hydrogen) atoms. The van der Waals surface area contributed by atoms with Crippen LogP contribution in [0.25, 0.3) is 0 Å². The van der Waals surface area contributed by atoms with Gasteiger partial charge in [-0.05, 0) is 53.4 Å². The summed E-state index contributed by atoms with van der Waals surface area (Å²) in [7, 11) is -6.50. The van der Waals surface area contributed by atoms with Crippen LogP contribution in [0.4, 0.5) is 0 Å². The minimum Gasteiger partial charge on any atom is -0.223 e. The first-order valence-electron chi connectivity index (χ1n) is 11.0. The monoisotopic (exact) mass is 570 g/mol. The summed E-state index contributed by atoms with van der Waals surface area (Å²) < 4.78 is 48.8. The molecule has 0 aliphatic rings. The Labute approximate surface area is 216 Å². The molecule has 0 saturated heterocycles. The molecule has 0 aromatic heterocycles. The maximum Gasteiger partial charge on any atom is 0.182 e. The summed E-state index contributed by atoms with van der Waals surface area (Å²) >= 11 is 3.38. The van der Waals surface area contributed by atoms with Gasteiger partial charge in [0.25, 0.3) is 0 Å². The molecule has 7 heteroatoms. The molecule has 0 N–H and O–H groups in total. The zero-order valence-corrected chi connectivity index (χ0v) is 22.6. The number of sulfone groups is 2. The Hall–Kier alpha value is -2.74. The van der Waals surface area contributed by atoms with Gasteiger partial charge >= 0.3 is 0 Å². The van der Waals surface area contributed by atoms with Crippen molar-refractivity contribution in [3.63, 3.8) is 0 Å². The molecule has 4 aromatic rings. The van der Waals surface area contributed by atoms with Gasteiger partial charge in [-0.2, -0.15) is 0 Å².